The van der Waals surface area contributed by atoms with Crippen molar-refractivity contribution in [3.05, 3.63) is 67.1 Å². The van der Waals surface area contributed by atoms with Crippen LogP contribution in [0.4, 0.5) is 5.82 Å². The van der Waals surface area contributed by atoms with Gasteiger partial charge in [-0.05, 0) is 105 Å². The first-order chi connectivity index (χ1) is 25.6. The highest BCUT2D eigenvalue weighted by molar-refractivity contribution is 9.13. The van der Waals surface area contributed by atoms with Crippen LogP contribution in [-0.4, -0.2) is 68.1 Å². The standard InChI is InChI=1S/C38H33Br2ClN4O8S/c1-15-19-11-16(41)5-8-25(19)54-33(15)23-14-26(43(3)42-23)45-35(50)22-12-20-17(6-7-18-28(20)36(51)44(34(18)49)10-9-27(46)47)29(38(22,2)37(45)52)21-13-24(53-4)32(48)31(40)30(21)39/h5-6,8,11,13-14,18,20,22,28-29,48H,7,9-10,12H2,1-4H3,(H,46,47)/t18-,20+,22-,28-,29+,38+/m0/s1. The molecule has 4 heterocycles. The number of halogens is 3. The molecule has 0 bridgehead atoms. The number of likely N-dealkylation sites (tertiary alicyclic amines) is 1. The Balaban J connectivity index is 1.27. The van der Waals surface area contributed by atoms with E-state index in [2.05, 4.69) is 31.9 Å². The fourth-order valence-electron chi connectivity index (χ4n) is 9.26. The molecule has 16 heteroatoms. The summed E-state index contributed by atoms with van der Waals surface area (Å²) in [6.45, 7) is 3.50. The number of hydrogen-bond donors (Lipinski definition) is 2. The van der Waals surface area contributed by atoms with Crippen molar-refractivity contribution in [1.29, 1.82) is 0 Å². The van der Waals surface area contributed by atoms with E-state index in [1.807, 2.05) is 31.2 Å². The van der Waals surface area contributed by atoms with Crippen molar-refractivity contribution >= 4 is 100 Å². The lowest BCUT2D eigenvalue weighted by Gasteiger charge is -2.49. The minimum atomic E-state index is -1.39. The van der Waals surface area contributed by atoms with Gasteiger partial charge in [0.1, 0.15) is 11.5 Å². The van der Waals surface area contributed by atoms with E-state index >= 15 is 4.79 Å². The Labute approximate surface area is 334 Å². The average Bonchev–Trinajstić information content (AvgIpc) is 3.80. The largest absolute Gasteiger partial charge is 0.503 e. The average molecular weight is 901 g/mol. The Kier molecular flexibility index (Phi) is 8.90. The molecule has 2 saturated heterocycles. The van der Waals surface area contributed by atoms with Crippen LogP contribution >= 0.6 is 54.8 Å². The second-order valence-electron chi connectivity index (χ2n) is 14.5. The number of aromatic hydroxyl groups is 1. The van der Waals surface area contributed by atoms with Gasteiger partial charge in [0.2, 0.25) is 23.6 Å². The first kappa shape index (κ1) is 36.9. The molecular formula is C38H33Br2ClN4O8S. The first-order valence-electron chi connectivity index (χ1n) is 17.2. The Bertz CT molecular complexity index is 2410. The van der Waals surface area contributed by atoms with E-state index in [1.54, 1.807) is 26.1 Å². The number of carbonyl (C=O) groups excluding carboxylic acids is 4. The molecule has 8 rings (SSSR count). The molecule has 1 saturated carbocycles. The predicted octanol–water partition coefficient (Wildman–Crippen LogP) is 7.21. The van der Waals surface area contributed by atoms with Crippen molar-refractivity contribution in [2.45, 2.75) is 39.0 Å². The molecule has 280 valence electrons. The first-order valence-corrected chi connectivity index (χ1v) is 20.0. The number of methoxy groups -OCH3 is 1. The van der Waals surface area contributed by atoms with E-state index in [4.69, 9.17) is 21.4 Å². The number of benzene rings is 2. The van der Waals surface area contributed by atoms with E-state index in [1.165, 1.54) is 28.0 Å². The molecule has 6 atom stereocenters. The van der Waals surface area contributed by atoms with Gasteiger partial charge >= 0.3 is 5.97 Å². The fraction of sp³-hybridized carbons (Fsp3) is 0.368. The third-order valence-corrected chi connectivity index (χ3v) is 15.5. The van der Waals surface area contributed by atoms with E-state index in [-0.39, 0.29) is 47.6 Å². The number of ether oxygens (including phenoxy) is 1. The topological polar surface area (TPSA) is 159 Å². The molecule has 2 aliphatic heterocycles. The van der Waals surface area contributed by atoms with Crippen LogP contribution in [0.1, 0.15) is 43.2 Å². The minimum absolute atomic E-state index is 0.113. The molecule has 2 N–H and O–H groups in total. The summed E-state index contributed by atoms with van der Waals surface area (Å²) < 4.78 is 8.80. The molecule has 3 fully saturated rings. The number of thiophene rings is 1. The Morgan fingerprint density at radius 1 is 1.09 bits per heavy atom. The Morgan fingerprint density at radius 3 is 2.54 bits per heavy atom. The third-order valence-electron chi connectivity index (χ3n) is 11.8. The van der Waals surface area contributed by atoms with Crippen LogP contribution in [0.5, 0.6) is 11.5 Å². The van der Waals surface area contributed by atoms with Crippen molar-refractivity contribution in [3.63, 3.8) is 0 Å². The third kappa shape index (κ3) is 5.17. The highest BCUT2D eigenvalue weighted by Crippen LogP contribution is 2.65. The number of hydrogen-bond acceptors (Lipinski definition) is 9. The van der Waals surface area contributed by atoms with Gasteiger partial charge in [-0.3, -0.25) is 33.6 Å². The van der Waals surface area contributed by atoms with E-state index in [0.29, 0.717) is 20.8 Å². The summed E-state index contributed by atoms with van der Waals surface area (Å²) in [6, 6.07) is 9.04. The molecule has 54 heavy (non-hydrogen) atoms. The maximum Gasteiger partial charge on any atom is 0.305 e. The molecule has 2 aliphatic carbocycles. The molecule has 0 unspecified atom stereocenters. The second-order valence-corrected chi connectivity index (χ2v) is 17.6. The molecule has 4 aliphatic rings. The van der Waals surface area contributed by atoms with Crippen LogP contribution in [-0.2, 0) is 31.0 Å². The second kappa shape index (κ2) is 13.0. The molecular weight excluding hydrogens is 868 g/mol. The Hall–Kier alpha value is -4.05. The molecule has 2 aromatic heterocycles. The van der Waals surface area contributed by atoms with Crippen LogP contribution in [0.15, 0.2) is 50.9 Å². The number of imide groups is 2. The van der Waals surface area contributed by atoms with Gasteiger partial charge in [-0.1, -0.05) is 23.3 Å². The molecule has 4 aromatic rings. The molecule has 4 amide bonds. The number of allylic oxidation sites excluding steroid dienone is 2. The number of nitrogens with zero attached hydrogens (tertiary/aromatic N) is 4. The number of fused-ring (bicyclic) bond motifs is 5. The van der Waals surface area contributed by atoms with Crippen molar-refractivity contribution in [3.8, 4) is 22.1 Å². The number of rotatable bonds is 7. The van der Waals surface area contributed by atoms with Crippen molar-refractivity contribution < 1.29 is 38.9 Å². The lowest BCUT2D eigenvalue weighted by molar-refractivity contribution is -0.142. The number of aryl methyl sites for hydroxylation is 2. The smallest absolute Gasteiger partial charge is 0.305 e. The van der Waals surface area contributed by atoms with Gasteiger partial charge in [0.05, 0.1) is 46.0 Å². The van der Waals surface area contributed by atoms with Gasteiger partial charge in [0.15, 0.2) is 11.5 Å². The van der Waals surface area contributed by atoms with E-state index in [0.717, 1.165) is 31.0 Å². The molecule has 0 radical (unpaired) electrons. The Morgan fingerprint density at radius 2 is 1.83 bits per heavy atom. The maximum atomic E-state index is 15.2. The van der Waals surface area contributed by atoms with Crippen molar-refractivity contribution in [2.24, 2.45) is 36.1 Å². The number of carbonyl (C=O) groups is 5. The van der Waals surface area contributed by atoms with Gasteiger partial charge in [0.25, 0.3) is 0 Å². The van der Waals surface area contributed by atoms with E-state index in [9.17, 15) is 29.4 Å². The van der Waals surface area contributed by atoms with Crippen LogP contribution in [0.3, 0.4) is 0 Å². The van der Waals surface area contributed by atoms with Crippen LogP contribution in [0.2, 0.25) is 5.02 Å². The van der Waals surface area contributed by atoms with Crippen molar-refractivity contribution in [2.75, 3.05) is 18.6 Å². The predicted molar refractivity (Wildman–Crippen MR) is 207 cm³/mol. The van der Waals surface area contributed by atoms with Crippen LogP contribution in [0, 0.1) is 36.0 Å². The number of aromatic nitrogens is 2. The molecule has 2 aromatic carbocycles. The lowest BCUT2D eigenvalue weighted by atomic mass is 9.51. The van der Waals surface area contributed by atoms with Crippen LogP contribution in [0.25, 0.3) is 20.7 Å². The quantitative estimate of drug-likeness (QED) is 0.144. The van der Waals surface area contributed by atoms with Gasteiger partial charge in [-0.2, -0.15) is 5.10 Å². The zero-order valence-electron chi connectivity index (χ0n) is 29.4. The lowest BCUT2D eigenvalue weighted by Crippen LogP contribution is -2.49. The summed E-state index contributed by atoms with van der Waals surface area (Å²) in [7, 11) is 3.09. The van der Waals surface area contributed by atoms with Crippen molar-refractivity contribution in [1.82, 2.24) is 14.7 Å². The summed E-state index contributed by atoms with van der Waals surface area (Å²) >= 11 is 15.0. The van der Waals surface area contributed by atoms with Gasteiger partial charge in [-0.15, -0.1) is 11.3 Å². The highest BCUT2D eigenvalue weighted by Gasteiger charge is 2.68. The SMILES string of the molecule is COc1cc([C@H]2C3=CC[C@@H]4C(=O)N(CCC(=O)O)C(=O)[C@@H]4[C@@H]3C[C@H]3C(=O)N(c4cc(-c5sc6ccc(Cl)cc6c5C)nn4C)C(=O)[C@@]23C)c(Br)c(Br)c1O. The number of aliphatic carboxylic acids is 1. The minimum Gasteiger partial charge on any atom is -0.503 e. The summed E-state index contributed by atoms with van der Waals surface area (Å²) in [4.78, 5) is 72.2. The monoisotopic (exact) mass is 898 g/mol. The maximum absolute atomic E-state index is 15.2. The number of phenols is 1. The summed E-state index contributed by atoms with van der Waals surface area (Å²) in [5, 5.41) is 26.6. The molecule has 12 nitrogen and oxygen atoms in total. The van der Waals surface area contributed by atoms with Crippen LogP contribution < -0.4 is 9.64 Å². The van der Waals surface area contributed by atoms with Gasteiger partial charge in [-0.25, -0.2) is 4.90 Å². The number of phenolic OH excluding ortho intramolecular Hbond substituents is 1. The normalized spacial score (nSPS) is 26.4. The summed E-state index contributed by atoms with van der Waals surface area (Å²) in [5.41, 5.74) is 1.44. The van der Waals surface area contributed by atoms with Gasteiger partial charge in [0, 0.05) is 39.8 Å². The van der Waals surface area contributed by atoms with Gasteiger partial charge < -0.3 is 14.9 Å². The fourth-order valence-corrected chi connectivity index (χ4v) is 11.5. The number of carboxylic acid groups (broad SMARTS) is 1. The number of anilines is 1. The van der Waals surface area contributed by atoms with E-state index < -0.39 is 64.6 Å². The zero-order valence-corrected chi connectivity index (χ0v) is 34.1. The number of amides is 4. The summed E-state index contributed by atoms with van der Waals surface area (Å²) in [5.74, 6) is -6.60. The zero-order chi connectivity index (χ0) is 38.7. The molecule has 0 spiro atoms. The number of carboxylic acids is 1. The highest BCUT2D eigenvalue weighted by atomic mass is 79.9. The summed E-state index contributed by atoms with van der Waals surface area (Å²) in [6.07, 6.45) is 1.83.